The number of allylic oxidation sites excluding steroid dienone is 5. The van der Waals surface area contributed by atoms with Gasteiger partial charge in [0.15, 0.2) is 0 Å². The van der Waals surface area contributed by atoms with Gasteiger partial charge in [-0.05, 0) is 18.1 Å². The van der Waals surface area contributed by atoms with Crippen molar-refractivity contribution in [3.8, 4) is 0 Å². The quantitative estimate of drug-likeness (QED) is 0.584. The van der Waals surface area contributed by atoms with E-state index in [1.807, 2.05) is 13.8 Å². The molecule has 0 heterocycles. The highest BCUT2D eigenvalue weighted by Gasteiger charge is 2.26. The van der Waals surface area contributed by atoms with E-state index >= 15 is 0 Å². The molecule has 0 aromatic heterocycles. The summed E-state index contributed by atoms with van der Waals surface area (Å²) in [7, 11) is 0. The highest BCUT2D eigenvalue weighted by Crippen LogP contribution is 2.40. The number of fused-ring (bicyclic) bond motifs is 3. The summed E-state index contributed by atoms with van der Waals surface area (Å²) >= 11 is 0. The van der Waals surface area contributed by atoms with Gasteiger partial charge in [0.05, 0.1) is 0 Å². The summed E-state index contributed by atoms with van der Waals surface area (Å²) in [5.74, 6) is 1.13. The highest BCUT2D eigenvalue weighted by atomic mass is 14.3. The van der Waals surface area contributed by atoms with Crippen LogP contribution in [0.4, 0.5) is 0 Å². The van der Waals surface area contributed by atoms with Crippen molar-refractivity contribution < 1.29 is 0 Å². The summed E-state index contributed by atoms with van der Waals surface area (Å²) in [4.78, 5) is 0. The summed E-state index contributed by atoms with van der Waals surface area (Å²) in [5, 5.41) is 0. The molecule has 2 aliphatic carbocycles. The molecule has 17 heavy (non-hydrogen) atoms. The predicted molar refractivity (Wildman–Crippen MR) is 76.0 cm³/mol. The average Bonchev–Trinajstić information content (AvgIpc) is 2.41. The highest BCUT2D eigenvalue weighted by molar-refractivity contribution is 5.61. The third-order valence-corrected chi connectivity index (χ3v) is 3.43. The Morgan fingerprint density at radius 2 is 1.71 bits per heavy atom. The fourth-order valence-corrected chi connectivity index (χ4v) is 2.58. The first-order valence-electron chi connectivity index (χ1n) is 6.48. The van der Waals surface area contributed by atoms with Crippen LogP contribution in [0, 0.1) is 5.92 Å². The Hall–Kier alpha value is -1.56. The molecule has 0 aliphatic heterocycles. The van der Waals surface area contributed by atoms with Gasteiger partial charge in [-0.25, -0.2) is 0 Å². The third kappa shape index (κ3) is 2.12. The van der Waals surface area contributed by atoms with E-state index < -0.39 is 0 Å². The molecule has 0 spiro atoms. The minimum absolute atomic E-state index is 0.552. The van der Waals surface area contributed by atoms with Gasteiger partial charge in [0, 0.05) is 11.8 Å². The largest absolute Gasteiger partial charge is 0.0761 e. The van der Waals surface area contributed by atoms with E-state index in [9.17, 15) is 0 Å². The molecule has 0 saturated carbocycles. The summed E-state index contributed by atoms with van der Waals surface area (Å²) in [5.41, 5.74) is 4.31. The predicted octanol–water partition coefficient (Wildman–Crippen LogP) is 4.96. The molecule has 0 heteroatoms. The lowest BCUT2D eigenvalue weighted by Gasteiger charge is -2.30. The Balaban J connectivity index is 0.000000514. The van der Waals surface area contributed by atoms with Gasteiger partial charge >= 0.3 is 0 Å². The minimum Gasteiger partial charge on any atom is -0.0761 e. The number of rotatable bonds is 0. The molecule has 2 unspecified atom stereocenters. The van der Waals surface area contributed by atoms with Gasteiger partial charge in [-0.15, -0.1) is 0 Å². The Kier molecular flexibility index (Phi) is 3.63. The van der Waals surface area contributed by atoms with Crippen molar-refractivity contribution in [2.75, 3.05) is 0 Å². The second-order valence-electron chi connectivity index (χ2n) is 4.34. The molecule has 1 aromatic carbocycles. The molecule has 0 radical (unpaired) electrons. The van der Waals surface area contributed by atoms with Gasteiger partial charge in [0.1, 0.15) is 0 Å². The number of hydrogen-bond donors (Lipinski definition) is 0. The second-order valence-corrected chi connectivity index (χ2v) is 4.34. The molecule has 2 atom stereocenters. The van der Waals surface area contributed by atoms with Crippen LogP contribution in [-0.4, -0.2) is 0 Å². The first-order valence-corrected chi connectivity index (χ1v) is 6.48. The zero-order chi connectivity index (χ0) is 12.3. The second kappa shape index (κ2) is 5.18. The van der Waals surface area contributed by atoms with Crippen molar-refractivity contribution in [2.45, 2.75) is 26.7 Å². The van der Waals surface area contributed by atoms with E-state index in [1.165, 1.54) is 16.7 Å². The molecular weight excluding hydrogens is 204 g/mol. The molecule has 1 aromatic rings. The molecular formula is C17H20. The maximum absolute atomic E-state index is 2.34. The molecule has 88 valence electrons. The molecule has 0 nitrogen and oxygen atoms in total. The van der Waals surface area contributed by atoms with Gasteiger partial charge < -0.3 is 0 Å². The van der Waals surface area contributed by atoms with E-state index in [-0.39, 0.29) is 0 Å². The Morgan fingerprint density at radius 3 is 2.53 bits per heavy atom. The standard InChI is InChI=1S/C15H14.C2H6/c1-11-5-4-8-15-13(11)10-9-12-6-2-3-7-14(12)15;1-2/h2-10,13,15H,1H3;1-2H3. The van der Waals surface area contributed by atoms with E-state index in [0.717, 1.165) is 0 Å². The number of hydrogen-bond acceptors (Lipinski definition) is 0. The van der Waals surface area contributed by atoms with Crippen LogP contribution in [0.15, 0.2) is 54.1 Å². The summed E-state index contributed by atoms with van der Waals surface area (Å²) in [6, 6.07) is 8.69. The fourth-order valence-electron chi connectivity index (χ4n) is 2.58. The van der Waals surface area contributed by atoms with E-state index in [1.54, 1.807) is 0 Å². The van der Waals surface area contributed by atoms with Crippen LogP contribution in [0.25, 0.3) is 6.08 Å². The van der Waals surface area contributed by atoms with Crippen LogP contribution in [0.1, 0.15) is 37.8 Å². The van der Waals surface area contributed by atoms with Crippen LogP contribution in [0.2, 0.25) is 0 Å². The summed E-state index contributed by atoms with van der Waals surface area (Å²) < 4.78 is 0. The zero-order valence-electron chi connectivity index (χ0n) is 10.9. The third-order valence-electron chi connectivity index (χ3n) is 3.43. The van der Waals surface area contributed by atoms with Crippen LogP contribution in [0.5, 0.6) is 0 Å². The van der Waals surface area contributed by atoms with Gasteiger partial charge in [0.25, 0.3) is 0 Å². The summed E-state index contributed by atoms with van der Waals surface area (Å²) in [6.07, 6.45) is 11.3. The van der Waals surface area contributed by atoms with Gasteiger partial charge in [-0.1, -0.05) is 74.1 Å². The van der Waals surface area contributed by atoms with Crippen molar-refractivity contribution >= 4 is 6.08 Å². The van der Waals surface area contributed by atoms with Crippen molar-refractivity contribution in [3.63, 3.8) is 0 Å². The summed E-state index contributed by atoms with van der Waals surface area (Å²) in [6.45, 7) is 6.22. The lowest BCUT2D eigenvalue weighted by molar-refractivity contribution is 0.654. The first kappa shape index (κ1) is 11.9. The SMILES string of the molecule is CC.CC1=CC=CC2c3ccccc3C=CC12. The molecule has 0 amide bonds. The van der Waals surface area contributed by atoms with Crippen LogP contribution in [0.3, 0.4) is 0 Å². The molecule has 0 N–H and O–H groups in total. The zero-order valence-corrected chi connectivity index (χ0v) is 10.9. The molecule has 2 aliphatic rings. The normalized spacial score (nSPS) is 24.1. The van der Waals surface area contributed by atoms with Crippen molar-refractivity contribution in [3.05, 3.63) is 65.3 Å². The molecule has 0 fully saturated rings. The van der Waals surface area contributed by atoms with Crippen molar-refractivity contribution in [1.29, 1.82) is 0 Å². The maximum Gasteiger partial charge on any atom is 0.0127 e. The molecule has 3 rings (SSSR count). The topological polar surface area (TPSA) is 0 Å². The molecule has 0 bridgehead atoms. The Bertz CT molecular complexity index is 475. The van der Waals surface area contributed by atoms with Crippen molar-refractivity contribution in [1.82, 2.24) is 0 Å². The van der Waals surface area contributed by atoms with E-state index in [2.05, 4.69) is 61.6 Å². The Labute approximate surface area is 104 Å². The average molecular weight is 224 g/mol. The number of benzene rings is 1. The monoisotopic (exact) mass is 224 g/mol. The lowest BCUT2D eigenvalue weighted by atomic mass is 9.74. The molecule has 0 saturated heterocycles. The first-order chi connectivity index (χ1) is 8.36. The van der Waals surface area contributed by atoms with Gasteiger partial charge in [-0.3, -0.25) is 0 Å². The van der Waals surface area contributed by atoms with Crippen LogP contribution < -0.4 is 0 Å². The van der Waals surface area contributed by atoms with Gasteiger partial charge in [-0.2, -0.15) is 0 Å². The maximum atomic E-state index is 2.34. The fraction of sp³-hybridized carbons (Fsp3) is 0.294. The van der Waals surface area contributed by atoms with E-state index in [4.69, 9.17) is 0 Å². The van der Waals surface area contributed by atoms with E-state index in [0.29, 0.717) is 11.8 Å². The lowest BCUT2D eigenvalue weighted by Crippen LogP contribution is -2.16. The van der Waals surface area contributed by atoms with Crippen LogP contribution >= 0.6 is 0 Å². The smallest absolute Gasteiger partial charge is 0.0127 e. The van der Waals surface area contributed by atoms with Crippen LogP contribution in [-0.2, 0) is 0 Å². The van der Waals surface area contributed by atoms with Crippen molar-refractivity contribution in [2.24, 2.45) is 5.92 Å². The minimum atomic E-state index is 0.552. The Morgan fingerprint density at radius 1 is 0.941 bits per heavy atom. The van der Waals surface area contributed by atoms with Gasteiger partial charge in [0.2, 0.25) is 0 Å².